The Morgan fingerprint density at radius 1 is 1.31 bits per heavy atom. The lowest BCUT2D eigenvalue weighted by molar-refractivity contribution is 0.153. The van der Waals surface area contributed by atoms with Crippen LogP contribution in [0.15, 0.2) is 29.2 Å². The first-order valence-corrected chi connectivity index (χ1v) is 4.95. The van der Waals surface area contributed by atoms with Crippen LogP contribution in [0.1, 0.15) is 0 Å². The molecule has 0 aliphatic heterocycles. The molecule has 0 bridgehead atoms. The predicted molar refractivity (Wildman–Crippen MR) is 48.2 cm³/mol. The van der Waals surface area contributed by atoms with Gasteiger partial charge in [-0.1, -0.05) is 4.89 Å². The van der Waals surface area contributed by atoms with Gasteiger partial charge in [0.1, 0.15) is 0 Å². The molecule has 0 saturated heterocycles. The molecule has 0 amide bonds. The van der Waals surface area contributed by atoms with E-state index in [1.54, 1.807) is 0 Å². The average Bonchev–Trinajstić information content (AvgIpc) is 2.05. The Morgan fingerprint density at radius 3 is 2.31 bits per heavy atom. The van der Waals surface area contributed by atoms with Crippen molar-refractivity contribution in [1.82, 2.24) is 4.89 Å². The smallest absolute Gasteiger partial charge is 0.262 e. The summed E-state index contributed by atoms with van der Waals surface area (Å²) in [6, 6.07) is 5.81. The lowest BCUT2D eigenvalue weighted by Crippen LogP contribution is -2.22. The van der Waals surface area contributed by atoms with Gasteiger partial charge in [-0.2, -0.15) is 0 Å². The van der Waals surface area contributed by atoms with E-state index >= 15 is 0 Å². The van der Waals surface area contributed by atoms with Gasteiger partial charge in [0.15, 0.2) is 0 Å². The van der Waals surface area contributed by atoms with Crippen LogP contribution < -0.4 is 10.6 Å². The summed E-state index contributed by atoms with van der Waals surface area (Å²) in [5.41, 5.74) is 5.91. The van der Waals surface area contributed by atoms with E-state index in [-0.39, 0.29) is 4.90 Å². The first-order valence-electron chi connectivity index (χ1n) is 3.46. The first-order chi connectivity index (χ1) is 6.06. The SMILES string of the molecule is CONS(=O)(=O)c1ccc(N)cc1. The van der Waals surface area contributed by atoms with Crippen molar-refractivity contribution >= 4 is 15.7 Å². The highest BCUT2D eigenvalue weighted by molar-refractivity contribution is 7.89. The zero-order valence-corrected chi connectivity index (χ0v) is 7.84. The van der Waals surface area contributed by atoms with E-state index in [4.69, 9.17) is 5.73 Å². The Hall–Kier alpha value is -1.11. The van der Waals surface area contributed by atoms with E-state index in [1.807, 2.05) is 4.89 Å². The number of nitrogens with two attached hydrogens (primary N) is 1. The fourth-order valence-corrected chi connectivity index (χ4v) is 1.61. The summed E-state index contributed by atoms with van der Waals surface area (Å²) >= 11 is 0. The van der Waals surface area contributed by atoms with Crippen LogP contribution in [0.3, 0.4) is 0 Å². The molecule has 0 aliphatic rings. The van der Waals surface area contributed by atoms with E-state index in [2.05, 4.69) is 4.84 Å². The Balaban J connectivity index is 3.02. The molecule has 0 aromatic heterocycles. The maximum atomic E-state index is 11.3. The van der Waals surface area contributed by atoms with Crippen LogP contribution in [0, 0.1) is 0 Å². The molecule has 0 fully saturated rings. The summed E-state index contributed by atoms with van der Waals surface area (Å²) in [7, 11) is -2.32. The van der Waals surface area contributed by atoms with Crippen molar-refractivity contribution in [2.75, 3.05) is 12.8 Å². The van der Waals surface area contributed by atoms with Crippen LogP contribution in [0.4, 0.5) is 5.69 Å². The lowest BCUT2D eigenvalue weighted by Gasteiger charge is -2.03. The Kier molecular flexibility index (Phi) is 2.86. The largest absolute Gasteiger partial charge is 0.399 e. The van der Waals surface area contributed by atoms with Crippen molar-refractivity contribution in [3.05, 3.63) is 24.3 Å². The second kappa shape index (κ2) is 3.73. The number of rotatable bonds is 3. The van der Waals surface area contributed by atoms with Gasteiger partial charge in [0.25, 0.3) is 10.0 Å². The molecule has 0 spiro atoms. The number of benzene rings is 1. The van der Waals surface area contributed by atoms with Crippen LogP contribution >= 0.6 is 0 Å². The molecule has 0 unspecified atom stereocenters. The number of sulfonamides is 1. The molecular weight excluding hydrogens is 192 g/mol. The van der Waals surface area contributed by atoms with E-state index < -0.39 is 10.0 Å². The predicted octanol–water partition coefficient (Wildman–Crippen LogP) is 0.108. The number of hydrogen-bond donors (Lipinski definition) is 2. The van der Waals surface area contributed by atoms with Gasteiger partial charge in [-0.05, 0) is 24.3 Å². The third-order valence-electron chi connectivity index (χ3n) is 1.38. The molecule has 0 aliphatic carbocycles. The van der Waals surface area contributed by atoms with Gasteiger partial charge >= 0.3 is 0 Å². The van der Waals surface area contributed by atoms with Crippen LogP contribution in [-0.4, -0.2) is 15.5 Å². The summed E-state index contributed by atoms with van der Waals surface area (Å²) in [5, 5.41) is 0. The average molecular weight is 202 g/mol. The molecule has 0 radical (unpaired) electrons. The van der Waals surface area contributed by atoms with Gasteiger partial charge in [0, 0.05) is 5.69 Å². The van der Waals surface area contributed by atoms with E-state index in [0.29, 0.717) is 5.69 Å². The van der Waals surface area contributed by atoms with Crippen molar-refractivity contribution in [2.45, 2.75) is 4.90 Å². The van der Waals surface area contributed by atoms with Gasteiger partial charge in [0.2, 0.25) is 0 Å². The molecule has 72 valence electrons. The standard InChI is InChI=1S/C7H10N2O3S/c1-12-9-13(10,11)7-4-2-6(8)3-5-7/h2-5,9H,8H2,1H3. The first kappa shape index (κ1) is 9.97. The van der Waals surface area contributed by atoms with E-state index in [1.165, 1.54) is 31.4 Å². The minimum Gasteiger partial charge on any atom is -0.399 e. The van der Waals surface area contributed by atoms with Gasteiger partial charge in [-0.25, -0.2) is 8.42 Å². The number of hydrogen-bond acceptors (Lipinski definition) is 4. The van der Waals surface area contributed by atoms with Crippen molar-refractivity contribution < 1.29 is 13.3 Å². The molecule has 0 atom stereocenters. The molecule has 1 rings (SSSR count). The van der Waals surface area contributed by atoms with Crippen molar-refractivity contribution in [2.24, 2.45) is 0 Å². The highest BCUT2D eigenvalue weighted by atomic mass is 32.2. The van der Waals surface area contributed by atoms with E-state index in [9.17, 15) is 8.42 Å². The summed E-state index contributed by atoms with van der Waals surface area (Å²) in [5.74, 6) is 0. The summed E-state index contributed by atoms with van der Waals surface area (Å²) in [6.07, 6.45) is 0. The van der Waals surface area contributed by atoms with Crippen LogP contribution in [0.2, 0.25) is 0 Å². The molecule has 0 saturated carbocycles. The summed E-state index contributed by atoms with van der Waals surface area (Å²) in [6.45, 7) is 0. The molecule has 0 heterocycles. The summed E-state index contributed by atoms with van der Waals surface area (Å²) < 4.78 is 22.5. The highest BCUT2D eigenvalue weighted by Crippen LogP contribution is 2.10. The van der Waals surface area contributed by atoms with Crippen LogP contribution in [0.25, 0.3) is 0 Å². The number of nitrogen functional groups attached to an aromatic ring is 1. The monoisotopic (exact) mass is 202 g/mol. The molecule has 5 nitrogen and oxygen atoms in total. The maximum Gasteiger partial charge on any atom is 0.262 e. The van der Waals surface area contributed by atoms with E-state index in [0.717, 1.165) is 0 Å². The normalized spacial score (nSPS) is 11.5. The zero-order valence-electron chi connectivity index (χ0n) is 7.02. The molecule has 13 heavy (non-hydrogen) atoms. The van der Waals surface area contributed by atoms with Gasteiger partial charge in [-0.15, -0.1) is 0 Å². The minimum absolute atomic E-state index is 0.114. The maximum absolute atomic E-state index is 11.3. The van der Waals surface area contributed by atoms with Crippen molar-refractivity contribution in [3.63, 3.8) is 0 Å². The van der Waals surface area contributed by atoms with Crippen LogP contribution in [-0.2, 0) is 14.9 Å². The molecule has 1 aromatic carbocycles. The second-order valence-electron chi connectivity index (χ2n) is 2.36. The highest BCUT2D eigenvalue weighted by Gasteiger charge is 2.12. The Morgan fingerprint density at radius 2 is 1.85 bits per heavy atom. The second-order valence-corrected chi connectivity index (χ2v) is 4.00. The van der Waals surface area contributed by atoms with Crippen molar-refractivity contribution in [3.8, 4) is 0 Å². The Labute approximate surface area is 76.5 Å². The number of nitrogens with one attached hydrogen (secondary N) is 1. The Bertz CT molecular complexity index is 371. The quantitative estimate of drug-likeness (QED) is 0.538. The fraction of sp³-hybridized carbons (Fsp3) is 0.143. The number of anilines is 1. The minimum atomic E-state index is -3.55. The summed E-state index contributed by atoms with van der Waals surface area (Å²) in [4.78, 5) is 6.33. The van der Waals surface area contributed by atoms with Crippen molar-refractivity contribution in [1.29, 1.82) is 0 Å². The van der Waals surface area contributed by atoms with Gasteiger partial charge in [0.05, 0.1) is 12.0 Å². The fourth-order valence-electron chi connectivity index (χ4n) is 0.805. The molecule has 1 aromatic rings. The molecular formula is C7H10N2O3S. The van der Waals surface area contributed by atoms with Gasteiger partial charge in [-0.3, -0.25) is 4.84 Å². The van der Waals surface area contributed by atoms with Gasteiger partial charge < -0.3 is 5.73 Å². The molecule has 6 heteroatoms. The topological polar surface area (TPSA) is 81.4 Å². The molecule has 3 N–H and O–H groups in total. The van der Waals surface area contributed by atoms with Crippen LogP contribution in [0.5, 0.6) is 0 Å². The zero-order chi connectivity index (χ0) is 9.90. The third kappa shape index (κ3) is 2.41. The third-order valence-corrected chi connectivity index (χ3v) is 2.66. The lowest BCUT2D eigenvalue weighted by atomic mass is 10.3.